The Morgan fingerprint density at radius 3 is 2.76 bits per heavy atom. The third-order valence-corrected chi connectivity index (χ3v) is 2.82. The zero-order valence-electron chi connectivity index (χ0n) is 12.6. The van der Waals surface area contributed by atoms with Crippen molar-refractivity contribution in [3.05, 3.63) is 35.4 Å². The number of halogens is 2. The van der Waals surface area contributed by atoms with Gasteiger partial charge in [-0.05, 0) is 31.4 Å². The predicted molar refractivity (Wildman–Crippen MR) is 80.5 cm³/mol. The number of guanidine groups is 1. The van der Waals surface area contributed by atoms with Crippen molar-refractivity contribution < 1.29 is 13.5 Å². The average molecular weight is 299 g/mol. The highest BCUT2D eigenvalue weighted by Gasteiger charge is 2.04. The Hall–Kier alpha value is -1.69. The van der Waals surface area contributed by atoms with Gasteiger partial charge in [0.15, 0.2) is 5.96 Å². The molecule has 0 bridgehead atoms. The number of methoxy groups -OCH3 is 1. The van der Waals surface area contributed by atoms with Crippen LogP contribution >= 0.6 is 0 Å². The Balaban J connectivity index is 2.42. The predicted octanol–water partition coefficient (Wildman–Crippen LogP) is 2.10. The van der Waals surface area contributed by atoms with Crippen LogP contribution in [0.2, 0.25) is 0 Å². The lowest BCUT2D eigenvalue weighted by molar-refractivity contribution is 0.197. The fraction of sp³-hybridized carbons (Fsp3) is 0.533. The molecule has 0 aromatic heterocycles. The molecule has 4 nitrogen and oxygen atoms in total. The summed E-state index contributed by atoms with van der Waals surface area (Å²) in [6, 6.07) is 3.64. The molecule has 0 saturated heterocycles. The number of ether oxygens (including phenoxy) is 1. The van der Waals surface area contributed by atoms with Gasteiger partial charge in [0.1, 0.15) is 11.6 Å². The topological polar surface area (TPSA) is 45.7 Å². The van der Waals surface area contributed by atoms with Crippen LogP contribution in [0.1, 0.15) is 18.9 Å². The Bertz CT molecular complexity index is 453. The van der Waals surface area contributed by atoms with Crippen LogP contribution in [-0.4, -0.2) is 39.3 Å². The number of nitrogens with zero attached hydrogens (tertiary/aromatic N) is 1. The van der Waals surface area contributed by atoms with E-state index in [0.717, 1.165) is 19.0 Å². The van der Waals surface area contributed by atoms with E-state index in [1.807, 2.05) is 6.92 Å². The SMILES string of the molecule is CCNC(=NCCCOC)NCCc1ccc(F)cc1F. The van der Waals surface area contributed by atoms with Gasteiger partial charge in [-0.15, -0.1) is 0 Å². The molecule has 1 aromatic rings. The Morgan fingerprint density at radius 2 is 2.10 bits per heavy atom. The lowest BCUT2D eigenvalue weighted by atomic mass is 10.1. The van der Waals surface area contributed by atoms with Crippen molar-refractivity contribution in [3.63, 3.8) is 0 Å². The number of nitrogens with one attached hydrogen (secondary N) is 2. The van der Waals surface area contributed by atoms with Crippen LogP contribution in [0.5, 0.6) is 0 Å². The Morgan fingerprint density at radius 1 is 1.29 bits per heavy atom. The average Bonchev–Trinajstić information content (AvgIpc) is 2.45. The van der Waals surface area contributed by atoms with Crippen LogP contribution in [0.15, 0.2) is 23.2 Å². The van der Waals surface area contributed by atoms with Crippen LogP contribution in [-0.2, 0) is 11.2 Å². The molecule has 0 aliphatic carbocycles. The van der Waals surface area contributed by atoms with Gasteiger partial charge in [0.25, 0.3) is 0 Å². The summed E-state index contributed by atoms with van der Waals surface area (Å²) in [6.07, 6.45) is 1.31. The molecule has 1 rings (SSSR count). The van der Waals surface area contributed by atoms with Gasteiger partial charge in [0.2, 0.25) is 0 Å². The van der Waals surface area contributed by atoms with E-state index in [2.05, 4.69) is 15.6 Å². The maximum absolute atomic E-state index is 13.5. The minimum Gasteiger partial charge on any atom is -0.385 e. The van der Waals surface area contributed by atoms with E-state index in [-0.39, 0.29) is 0 Å². The molecule has 0 atom stereocenters. The normalized spacial score (nSPS) is 11.5. The van der Waals surface area contributed by atoms with Crippen molar-refractivity contribution >= 4 is 5.96 Å². The van der Waals surface area contributed by atoms with Crippen molar-refractivity contribution in [2.75, 3.05) is 33.4 Å². The molecule has 0 saturated carbocycles. The summed E-state index contributed by atoms with van der Waals surface area (Å²) in [6.45, 7) is 4.59. The summed E-state index contributed by atoms with van der Waals surface area (Å²) in [5.74, 6) is -0.382. The quantitative estimate of drug-likeness (QED) is 0.439. The van der Waals surface area contributed by atoms with E-state index < -0.39 is 11.6 Å². The van der Waals surface area contributed by atoms with E-state index in [4.69, 9.17) is 4.74 Å². The van der Waals surface area contributed by atoms with Crippen molar-refractivity contribution in [2.45, 2.75) is 19.8 Å². The molecule has 6 heteroatoms. The second-order valence-electron chi connectivity index (χ2n) is 4.52. The second-order valence-corrected chi connectivity index (χ2v) is 4.52. The zero-order chi connectivity index (χ0) is 15.5. The number of hydrogen-bond donors (Lipinski definition) is 2. The van der Waals surface area contributed by atoms with Crippen LogP contribution in [0.25, 0.3) is 0 Å². The molecule has 0 aliphatic rings. The monoisotopic (exact) mass is 299 g/mol. The fourth-order valence-corrected chi connectivity index (χ4v) is 1.78. The number of rotatable bonds is 8. The summed E-state index contributed by atoms with van der Waals surface area (Å²) >= 11 is 0. The first-order chi connectivity index (χ1) is 10.2. The van der Waals surface area contributed by atoms with Gasteiger partial charge in [-0.25, -0.2) is 8.78 Å². The Labute approximate surface area is 124 Å². The number of hydrogen-bond acceptors (Lipinski definition) is 2. The first-order valence-corrected chi connectivity index (χ1v) is 7.12. The largest absolute Gasteiger partial charge is 0.385 e. The molecule has 0 unspecified atom stereocenters. The second kappa shape index (κ2) is 10.1. The Kier molecular flexibility index (Phi) is 8.35. The van der Waals surface area contributed by atoms with Gasteiger partial charge < -0.3 is 15.4 Å². The maximum atomic E-state index is 13.5. The molecule has 0 amide bonds. The molecule has 0 aliphatic heterocycles. The molecule has 0 fully saturated rings. The van der Waals surface area contributed by atoms with E-state index in [1.165, 1.54) is 12.1 Å². The molecular weight excluding hydrogens is 276 g/mol. The van der Waals surface area contributed by atoms with Gasteiger partial charge in [0, 0.05) is 39.4 Å². The van der Waals surface area contributed by atoms with Gasteiger partial charge in [-0.1, -0.05) is 6.07 Å². The molecule has 2 N–H and O–H groups in total. The van der Waals surface area contributed by atoms with Crippen LogP contribution < -0.4 is 10.6 Å². The highest BCUT2D eigenvalue weighted by atomic mass is 19.1. The molecule has 21 heavy (non-hydrogen) atoms. The fourth-order valence-electron chi connectivity index (χ4n) is 1.78. The summed E-state index contributed by atoms with van der Waals surface area (Å²) in [4.78, 5) is 4.38. The van der Waals surface area contributed by atoms with Crippen molar-refractivity contribution in [2.24, 2.45) is 4.99 Å². The first-order valence-electron chi connectivity index (χ1n) is 7.12. The minimum atomic E-state index is -0.558. The molecule has 0 radical (unpaired) electrons. The van der Waals surface area contributed by atoms with Gasteiger partial charge in [-0.2, -0.15) is 0 Å². The summed E-state index contributed by atoms with van der Waals surface area (Å²) in [5.41, 5.74) is 0.485. The standard InChI is InChI=1S/C15H23F2N3O/c1-3-18-15(19-8-4-10-21-2)20-9-7-12-5-6-13(16)11-14(12)17/h5-6,11H,3-4,7-10H2,1-2H3,(H2,18,19,20). The maximum Gasteiger partial charge on any atom is 0.191 e. The van der Waals surface area contributed by atoms with Crippen LogP contribution in [0, 0.1) is 11.6 Å². The summed E-state index contributed by atoms with van der Waals surface area (Å²) in [7, 11) is 1.66. The third-order valence-electron chi connectivity index (χ3n) is 2.82. The van der Waals surface area contributed by atoms with Gasteiger partial charge in [0.05, 0.1) is 0 Å². The lowest BCUT2D eigenvalue weighted by Crippen LogP contribution is -2.38. The van der Waals surface area contributed by atoms with Crippen molar-refractivity contribution in [3.8, 4) is 0 Å². The molecule has 0 spiro atoms. The van der Waals surface area contributed by atoms with Gasteiger partial charge >= 0.3 is 0 Å². The molecular formula is C15H23F2N3O. The summed E-state index contributed by atoms with van der Waals surface area (Å²) < 4.78 is 31.3. The van der Waals surface area contributed by atoms with Crippen LogP contribution in [0.3, 0.4) is 0 Å². The van der Waals surface area contributed by atoms with Crippen molar-refractivity contribution in [1.29, 1.82) is 0 Å². The molecule has 0 heterocycles. The molecule has 118 valence electrons. The van der Waals surface area contributed by atoms with E-state index in [1.54, 1.807) is 7.11 Å². The lowest BCUT2D eigenvalue weighted by Gasteiger charge is -2.11. The highest BCUT2D eigenvalue weighted by Crippen LogP contribution is 2.09. The molecule has 1 aromatic carbocycles. The minimum absolute atomic E-state index is 0.467. The van der Waals surface area contributed by atoms with Crippen LogP contribution in [0.4, 0.5) is 8.78 Å². The van der Waals surface area contributed by atoms with E-state index >= 15 is 0 Å². The van der Waals surface area contributed by atoms with Crippen molar-refractivity contribution in [1.82, 2.24) is 10.6 Å². The van der Waals surface area contributed by atoms with E-state index in [0.29, 0.717) is 37.6 Å². The third kappa shape index (κ3) is 7.04. The van der Waals surface area contributed by atoms with E-state index in [9.17, 15) is 8.78 Å². The zero-order valence-corrected chi connectivity index (χ0v) is 12.6. The number of benzene rings is 1. The first kappa shape index (κ1) is 17.4. The van der Waals surface area contributed by atoms with Gasteiger partial charge in [-0.3, -0.25) is 4.99 Å². The summed E-state index contributed by atoms with van der Waals surface area (Å²) in [5, 5.41) is 6.24. The smallest absolute Gasteiger partial charge is 0.191 e. The number of aliphatic imine (C=N–C) groups is 1. The highest BCUT2D eigenvalue weighted by molar-refractivity contribution is 5.79.